The van der Waals surface area contributed by atoms with Crippen LogP contribution in [0.3, 0.4) is 0 Å². The Balaban J connectivity index is 1.68. The molecular weight excluding hydrogens is 468 g/mol. The number of ether oxygens (including phenoxy) is 1. The van der Waals surface area contributed by atoms with Gasteiger partial charge in [0.1, 0.15) is 17.7 Å². The Morgan fingerprint density at radius 2 is 2.10 bits per heavy atom. The van der Waals surface area contributed by atoms with Crippen LogP contribution in [0.25, 0.3) is 17.0 Å². The average Bonchev–Trinajstić information content (AvgIpc) is 3.14. The smallest absolute Gasteiger partial charge is 0.261 e. The van der Waals surface area contributed by atoms with Crippen LogP contribution in [-0.2, 0) is 11.2 Å². The Morgan fingerprint density at radius 1 is 1.30 bits per heavy atom. The Labute approximate surface area is 186 Å². The van der Waals surface area contributed by atoms with Gasteiger partial charge in [0.15, 0.2) is 12.4 Å². The predicted molar refractivity (Wildman–Crippen MR) is 119 cm³/mol. The number of halogens is 2. The predicted octanol–water partition coefficient (Wildman–Crippen LogP) is 4.75. The van der Waals surface area contributed by atoms with Crippen LogP contribution in [0, 0.1) is 22.7 Å². The summed E-state index contributed by atoms with van der Waals surface area (Å²) in [6.07, 6.45) is 4.01. The molecule has 0 aliphatic rings. The summed E-state index contributed by atoms with van der Waals surface area (Å²) in [7, 11) is 0. The normalized spacial score (nSPS) is 11.0. The molecule has 0 bridgehead atoms. The third-order valence-corrected chi connectivity index (χ3v) is 5.20. The number of rotatable bonds is 7. The third-order valence-electron chi connectivity index (χ3n) is 4.33. The molecule has 0 atom stereocenters. The number of nitriles is 2. The highest BCUT2D eigenvalue weighted by atomic mass is 79.9. The number of carbonyl (C=O) groups is 1. The van der Waals surface area contributed by atoms with Gasteiger partial charge in [0, 0.05) is 23.6 Å². The van der Waals surface area contributed by atoms with Gasteiger partial charge in [-0.2, -0.15) is 10.5 Å². The van der Waals surface area contributed by atoms with Gasteiger partial charge in [-0.15, -0.1) is 0 Å². The molecule has 2 aromatic carbocycles. The Kier molecular flexibility index (Phi) is 7.13. The van der Waals surface area contributed by atoms with Crippen LogP contribution in [0.5, 0.6) is 5.75 Å². The van der Waals surface area contributed by atoms with Gasteiger partial charge in [-0.1, -0.05) is 29.8 Å². The Morgan fingerprint density at radius 3 is 2.83 bits per heavy atom. The fraction of sp³-hybridized carbons (Fsp3) is 0.136. The lowest BCUT2D eigenvalue weighted by molar-refractivity contribution is -0.117. The molecule has 3 aromatic rings. The molecule has 0 saturated heterocycles. The number of nitrogens with one attached hydrogen (secondary N) is 2. The number of amides is 1. The summed E-state index contributed by atoms with van der Waals surface area (Å²) in [5.74, 6) is -0.133. The number of H-pyrrole nitrogens is 1. The van der Waals surface area contributed by atoms with Gasteiger partial charge < -0.3 is 15.0 Å². The Bertz CT molecular complexity index is 1180. The maximum absolute atomic E-state index is 12.4. The number of hydrogen-bond acceptors (Lipinski definition) is 4. The van der Waals surface area contributed by atoms with Gasteiger partial charge in [-0.25, -0.2) is 0 Å². The lowest BCUT2D eigenvalue weighted by atomic mass is 10.1. The highest BCUT2D eigenvalue weighted by Crippen LogP contribution is 2.35. The van der Waals surface area contributed by atoms with Crippen LogP contribution in [-0.4, -0.2) is 24.0 Å². The molecule has 0 spiro atoms. The van der Waals surface area contributed by atoms with Crippen molar-refractivity contribution in [3.63, 3.8) is 0 Å². The molecule has 1 amide bonds. The molecule has 0 radical (unpaired) electrons. The molecule has 0 aliphatic carbocycles. The highest BCUT2D eigenvalue weighted by Gasteiger charge is 2.13. The van der Waals surface area contributed by atoms with Crippen molar-refractivity contribution in [1.82, 2.24) is 10.3 Å². The summed E-state index contributed by atoms with van der Waals surface area (Å²) >= 11 is 9.51. The minimum absolute atomic E-state index is 0.0393. The van der Waals surface area contributed by atoms with Crippen molar-refractivity contribution in [2.75, 3.05) is 13.2 Å². The first-order chi connectivity index (χ1) is 14.5. The monoisotopic (exact) mass is 482 g/mol. The second-order valence-corrected chi connectivity index (χ2v) is 7.56. The van der Waals surface area contributed by atoms with E-state index >= 15 is 0 Å². The molecule has 3 rings (SSSR count). The molecule has 0 unspecified atom stereocenters. The number of fused-ring (bicyclic) bond motifs is 1. The summed E-state index contributed by atoms with van der Waals surface area (Å²) in [5.41, 5.74) is 2.65. The summed E-state index contributed by atoms with van der Waals surface area (Å²) in [6.45, 7) is 0.251. The van der Waals surface area contributed by atoms with Gasteiger partial charge in [0.25, 0.3) is 5.91 Å². The zero-order chi connectivity index (χ0) is 21.5. The Hall–Kier alpha value is -3.26. The van der Waals surface area contributed by atoms with E-state index < -0.39 is 5.91 Å². The summed E-state index contributed by atoms with van der Waals surface area (Å²) in [6, 6.07) is 15.0. The molecule has 1 aromatic heterocycles. The molecule has 1 heterocycles. The highest BCUT2D eigenvalue weighted by molar-refractivity contribution is 9.10. The number of nitrogens with zero attached hydrogens (tertiary/aromatic N) is 2. The molecule has 0 fully saturated rings. The van der Waals surface area contributed by atoms with E-state index in [0.29, 0.717) is 28.8 Å². The van der Waals surface area contributed by atoms with Gasteiger partial charge in [0.05, 0.1) is 9.50 Å². The molecule has 6 nitrogen and oxygen atoms in total. The summed E-state index contributed by atoms with van der Waals surface area (Å²) in [4.78, 5) is 15.6. The molecule has 30 heavy (non-hydrogen) atoms. The molecule has 150 valence electrons. The largest absolute Gasteiger partial charge is 0.476 e. The standard InChI is InChI=1S/C22H16BrClN4O2/c23-18-10-14(11-19(24)21(18)30-8-6-25)9-16(12-26)22(29)27-7-5-15-13-28-20-4-2-1-3-17(15)20/h1-4,9-11,13,28H,5,7-8H2,(H,27,29)/b16-9-. The van der Waals surface area contributed by atoms with Crippen molar-refractivity contribution in [2.24, 2.45) is 0 Å². The zero-order valence-corrected chi connectivity index (χ0v) is 18.0. The minimum atomic E-state index is -0.464. The lowest BCUT2D eigenvalue weighted by Crippen LogP contribution is -2.26. The average molecular weight is 484 g/mol. The minimum Gasteiger partial charge on any atom is -0.476 e. The van der Waals surface area contributed by atoms with Crippen LogP contribution >= 0.6 is 27.5 Å². The first-order valence-corrected chi connectivity index (χ1v) is 10.1. The number of benzene rings is 2. The van der Waals surface area contributed by atoms with E-state index in [1.165, 1.54) is 6.08 Å². The van der Waals surface area contributed by atoms with Crippen molar-refractivity contribution in [3.8, 4) is 17.9 Å². The SMILES string of the molecule is N#CCOc1c(Cl)cc(/C=C(/C#N)C(=O)NCCc2c[nH]c3ccccc23)cc1Br. The van der Waals surface area contributed by atoms with Gasteiger partial charge >= 0.3 is 0 Å². The first kappa shape index (κ1) is 21.4. The van der Waals surface area contributed by atoms with E-state index in [4.69, 9.17) is 21.6 Å². The lowest BCUT2D eigenvalue weighted by Gasteiger charge is -2.09. The summed E-state index contributed by atoms with van der Waals surface area (Å²) < 4.78 is 5.78. The fourth-order valence-electron chi connectivity index (χ4n) is 2.96. The van der Waals surface area contributed by atoms with Crippen molar-refractivity contribution in [1.29, 1.82) is 10.5 Å². The topological polar surface area (TPSA) is 102 Å². The van der Waals surface area contributed by atoms with Crippen LogP contribution in [0.4, 0.5) is 0 Å². The van der Waals surface area contributed by atoms with Crippen LogP contribution < -0.4 is 10.1 Å². The van der Waals surface area contributed by atoms with Crippen molar-refractivity contribution >= 4 is 50.4 Å². The molecule has 2 N–H and O–H groups in total. The number of aromatic nitrogens is 1. The van der Waals surface area contributed by atoms with Crippen LogP contribution in [0.2, 0.25) is 5.02 Å². The quantitative estimate of drug-likeness (QED) is 0.374. The molecule has 0 aliphatic heterocycles. The van der Waals surface area contributed by atoms with E-state index in [1.807, 2.05) is 42.6 Å². The molecule has 0 saturated carbocycles. The van der Waals surface area contributed by atoms with E-state index in [9.17, 15) is 10.1 Å². The van der Waals surface area contributed by atoms with Crippen LogP contribution in [0.15, 0.2) is 52.6 Å². The molecule has 8 heteroatoms. The molecular formula is C22H16BrClN4O2. The maximum atomic E-state index is 12.4. The third kappa shape index (κ3) is 5.01. The second kappa shape index (κ2) is 9.98. The maximum Gasteiger partial charge on any atom is 0.261 e. The van der Waals surface area contributed by atoms with Gasteiger partial charge in [0.2, 0.25) is 0 Å². The second-order valence-electron chi connectivity index (χ2n) is 6.30. The van der Waals surface area contributed by atoms with E-state index in [0.717, 1.165) is 16.5 Å². The number of para-hydroxylation sites is 1. The van der Waals surface area contributed by atoms with E-state index in [-0.39, 0.29) is 17.2 Å². The van der Waals surface area contributed by atoms with Crippen molar-refractivity contribution in [3.05, 3.63) is 68.8 Å². The first-order valence-electron chi connectivity index (χ1n) is 8.97. The van der Waals surface area contributed by atoms with E-state index in [1.54, 1.807) is 12.1 Å². The van der Waals surface area contributed by atoms with Crippen molar-refractivity contribution in [2.45, 2.75) is 6.42 Å². The fourth-order valence-corrected chi connectivity index (χ4v) is 3.95. The number of aromatic amines is 1. The zero-order valence-electron chi connectivity index (χ0n) is 15.7. The van der Waals surface area contributed by atoms with Crippen LogP contribution in [0.1, 0.15) is 11.1 Å². The summed E-state index contributed by atoms with van der Waals surface area (Å²) in [5, 5.41) is 22.2. The number of carbonyl (C=O) groups excluding carboxylic acids is 1. The van der Waals surface area contributed by atoms with Gasteiger partial charge in [-0.05, 0) is 57.8 Å². The van der Waals surface area contributed by atoms with Crippen molar-refractivity contribution < 1.29 is 9.53 Å². The number of hydrogen-bond donors (Lipinski definition) is 2. The van der Waals surface area contributed by atoms with Gasteiger partial charge in [-0.3, -0.25) is 4.79 Å². The van der Waals surface area contributed by atoms with E-state index in [2.05, 4.69) is 26.2 Å².